The van der Waals surface area contributed by atoms with Crippen LogP contribution in [0.15, 0.2) is 45.7 Å². The monoisotopic (exact) mass is 366 g/mol. The number of hydrogen-bond donors (Lipinski definition) is 2. The first-order chi connectivity index (χ1) is 12.7. The van der Waals surface area contributed by atoms with Crippen molar-refractivity contribution in [2.24, 2.45) is 0 Å². The maximum atomic E-state index is 6.22. The molecule has 2 N–H and O–H groups in total. The van der Waals surface area contributed by atoms with E-state index in [9.17, 15) is 0 Å². The number of anilines is 2. The number of nitrogens with zero attached hydrogens (tertiary/aromatic N) is 4. The van der Waals surface area contributed by atoms with Crippen molar-refractivity contribution >= 4 is 44.8 Å². The lowest BCUT2D eigenvalue weighted by molar-refractivity contribution is 0.414. The number of aromatic nitrogens is 5. The lowest BCUT2D eigenvalue weighted by Gasteiger charge is -2.08. The van der Waals surface area contributed by atoms with Gasteiger partial charge in [-0.1, -0.05) is 16.8 Å². The molecule has 0 aliphatic rings. The summed E-state index contributed by atoms with van der Waals surface area (Å²) in [6, 6.07) is 5.53. The van der Waals surface area contributed by atoms with Crippen molar-refractivity contribution in [3.05, 3.63) is 47.6 Å². The molecule has 1 aromatic carbocycles. The zero-order chi connectivity index (χ0) is 17.7. The third-order valence-corrected chi connectivity index (χ3v) is 4.35. The molecule has 0 unspecified atom stereocenters. The molecule has 128 valence electrons. The van der Waals surface area contributed by atoms with Gasteiger partial charge in [-0.15, -0.1) is 0 Å². The van der Waals surface area contributed by atoms with Gasteiger partial charge in [-0.2, -0.15) is 10.1 Å². The van der Waals surface area contributed by atoms with E-state index >= 15 is 0 Å². The normalized spacial score (nSPS) is 11.5. The molecule has 0 aliphatic carbocycles. The third kappa shape index (κ3) is 2.23. The van der Waals surface area contributed by atoms with Gasteiger partial charge in [0, 0.05) is 22.7 Å². The average Bonchev–Trinajstić information content (AvgIpc) is 3.36. The van der Waals surface area contributed by atoms with Crippen LogP contribution in [-0.2, 0) is 0 Å². The topological polar surface area (TPSA) is 106 Å². The number of aromatic amines is 1. The minimum absolute atomic E-state index is 0.290. The van der Waals surface area contributed by atoms with Crippen LogP contribution >= 0.6 is 11.6 Å². The fourth-order valence-electron chi connectivity index (χ4n) is 2.86. The van der Waals surface area contributed by atoms with Gasteiger partial charge in [0.15, 0.2) is 11.4 Å². The largest absolute Gasteiger partial charge is 0.447 e. The van der Waals surface area contributed by atoms with Crippen LogP contribution in [0.1, 0.15) is 5.82 Å². The minimum Gasteiger partial charge on any atom is -0.447 e. The van der Waals surface area contributed by atoms with Crippen LogP contribution < -0.4 is 5.32 Å². The third-order valence-electron chi connectivity index (χ3n) is 4.04. The van der Waals surface area contributed by atoms with E-state index in [1.165, 1.54) is 0 Å². The summed E-state index contributed by atoms with van der Waals surface area (Å²) in [5.41, 5.74) is 2.88. The van der Waals surface area contributed by atoms with Crippen molar-refractivity contribution in [3.63, 3.8) is 0 Å². The number of nitrogens with one attached hydrogen (secondary N) is 2. The Balaban J connectivity index is 1.72. The summed E-state index contributed by atoms with van der Waals surface area (Å²) in [7, 11) is 0. The van der Waals surface area contributed by atoms with Crippen LogP contribution in [0, 0.1) is 6.92 Å². The van der Waals surface area contributed by atoms with Crippen LogP contribution in [0.3, 0.4) is 0 Å². The molecule has 8 nitrogen and oxygen atoms in total. The molecule has 0 saturated heterocycles. The van der Waals surface area contributed by atoms with Crippen LogP contribution in [0.5, 0.6) is 0 Å². The number of fused-ring (bicyclic) bond motifs is 2. The predicted octanol–water partition coefficient (Wildman–Crippen LogP) is 4.46. The molecule has 0 radical (unpaired) electrons. The van der Waals surface area contributed by atoms with Gasteiger partial charge in [-0.25, -0.2) is 0 Å². The summed E-state index contributed by atoms with van der Waals surface area (Å²) in [6.45, 7) is 1.75. The second-order valence-electron chi connectivity index (χ2n) is 5.70. The van der Waals surface area contributed by atoms with Crippen molar-refractivity contribution in [1.29, 1.82) is 0 Å². The molecule has 5 aromatic rings. The van der Waals surface area contributed by atoms with E-state index in [1.807, 2.05) is 12.1 Å². The first kappa shape index (κ1) is 14.9. The molecular formula is C17H11ClN6O2. The number of furan rings is 1. The number of H-pyrrole nitrogens is 1. The highest BCUT2D eigenvalue weighted by Crippen LogP contribution is 2.40. The van der Waals surface area contributed by atoms with Gasteiger partial charge >= 0.3 is 0 Å². The molecule has 5 rings (SSSR count). The quantitative estimate of drug-likeness (QED) is 0.485. The Morgan fingerprint density at radius 1 is 1.15 bits per heavy atom. The number of pyridine rings is 1. The van der Waals surface area contributed by atoms with Gasteiger partial charge in [0.25, 0.3) is 5.89 Å². The number of aryl methyl sites for hydroxylation is 1. The van der Waals surface area contributed by atoms with E-state index in [4.69, 9.17) is 20.5 Å². The summed E-state index contributed by atoms with van der Waals surface area (Å²) >= 11 is 6.22. The van der Waals surface area contributed by atoms with Gasteiger partial charge in [0.1, 0.15) is 0 Å². The van der Waals surface area contributed by atoms with Gasteiger partial charge in [-0.3, -0.25) is 10.1 Å². The van der Waals surface area contributed by atoms with Crippen molar-refractivity contribution < 1.29 is 8.94 Å². The summed E-state index contributed by atoms with van der Waals surface area (Å²) in [5.74, 6) is 1.26. The molecule has 0 bridgehead atoms. The van der Waals surface area contributed by atoms with E-state index in [1.54, 1.807) is 31.6 Å². The molecule has 9 heteroatoms. The van der Waals surface area contributed by atoms with E-state index in [-0.39, 0.29) is 0 Å². The molecule has 4 aromatic heterocycles. The zero-order valence-corrected chi connectivity index (χ0v) is 14.2. The van der Waals surface area contributed by atoms with Gasteiger partial charge < -0.3 is 14.3 Å². The summed E-state index contributed by atoms with van der Waals surface area (Å²) in [6.07, 6.45) is 5.05. The standard InChI is InChI=1S/C17H11ClN6O2/c1-8-21-17(26-24-8)16-15(9-4-5-19-7-13(9)25-16)22-12-3-2-11(18)14-10(12)6-20-23-14/h2-7,22H,1H3,(H,20,23). The van der Waals surface area contributed by atoms with Gasteiger partial charge in [0.2, 0.25) is 5.76 Å². The lowest BCUT2D eigenvalue weighted by Crippen LogP contribution is -1.92. The molecular weight excluding hydrogens is 356 g/mol. The highest BCUT2D eigenvalue weighted by atomic mass is 35.5. The number of halogens is 1. The number of hydrogen-bond acceptors (Lipinski definition) is 7. The second-order valence-corrected chi connectivity index (χ2v) is 6.11. The van der Waals surface area contributed by atoms with Crippen molar-refractivity contribution in [3.8, 4) is 11.7 Å². The summed E-state index contributed by atoms with van der Waals surface area (Å²) in [4.78, 5) is 8.38. The van der Waals surface area contributed by atoms with Gasteiger partial charge in [0.05, 0.1) is 28.6 Å². The van der Waals surface area contributed by atoms with Crippen LogP contribution in [0.25, 0.3) is 33.5 Å². The second kappa shape index (κ2) is 5.57. The Kier molecular flexibility index (Phi) is 3.19. The molecule has 0 atom stereocenters. The molecule has 0 aliphatic heterocycles. The van der Waals surface area contributed by atoms with Crippen molar-refractivity contribution in [1.82, 2.24) is 25.3 Å². The molecule has 26 heavy (non-hydrogen) atoms. The van der Waals surface area contributed by atoms with Gasteiger partial charge in [-0.05, 0) is 25.1 Å². The fourth-order valence-corrected chi connectivity index (χ4v) is 3.07. The van der Waals surface area contributed by atoms with E-state index in [0.29, 0.717) is 33.8 Å². The van der Waals surface area contributed by atoms with Crippen LogP contribution in [-0.4, -0.2) is 25.3 Å². The summed E-state index contributed by atoms with van der Waals surface area (Å²) in [5, 5.41) is 16.5. The first-order valence-electron chi connectivity index (χ1n) is 7.76. The highest BCUT2D eigenvalue weighted by Gasteiger charge is 2.22. The predicted molar refractivity (Wildman–Crippen MR) is 96.4 cm³/mol. The average molecular weight is 367 g/mol. The Morgan fingerprint density at radius 2 is 2.08 bits per heavy atom. The minimum atomic E-state index is 0.290. The Morgan fingerprint density at radius 3 is 2.92 bits per heavy atom. The Bertz CT molecular complexity index is 1250. The van der Waals surface area contributed by atoms with E-state index < -0.39 is 0 Å². The molecule has 0 saturated carbocycles. The number of rotatable bonds is 3. The number of benzene rings is 1. The Labute approximate surface area is 151 Å². The lowest BCUT2D eigenvalue weighted by atomic mass is 10.2. The maximum Gasteiger partial charge on any atom is 0.295 e. The molecule has 0 fully saturated rings. The fraction of sp³-hybridized carbons (Fsp3) is 0.0588. The smallest absolute Gasteiger partial charge is 0.295 e. The zero-order valence-electron chi connectivity index (χ0n) is 13.4. The van der Waals surface area contributed by atoms with Crippen LogP contribution in [0.4, 0.5) is 11.4 Å². The highest BCUT2D eigenvalue weighted by molar-refractivity contribution is 6.35. The molecule has 0 spiro atoms. The van der Waals surface area contributed by atoms with Crippen molar-refractivity contribution in [2.75, 3.05) is 5.32 Å². The van der Waals surface area contributed by atoms with E-state index in [0.717, 1.165) is 22.0 Å². The van der Waals surface area contributed by atoms with Crippen molar-refractivity contribution in [2.45, 2.75) is 6.92 Å². The van der Waals surface area contributed by atoms with E-state index in [2.05, 4.69) is 30.6 Å². The molecule has 4 heterocycles. The SMILES string of the molecule is Cc1noc(-c2oc3cnccc3c2Nc2ccc(Cl)c3[nH]ncc23)n1. The van der Waals surface area contributed by atoms with Crippen LogP contribution in [0.2, 0.25) is 5.02 Å². The first-order valence-corrected chi connectivity index (χ1v) is 8.14. The maximum absolute atomic E-state index is 6.22. The Hall–Kier alpha value is -3.39. The molecule has 0 amide bonds. The summed E-state index contributed by atoms with van der Waals surface area (Å²) < 4.78 is 11.2.